The van der Waals surface area contributed by atoms with E-state index in [1.165, 1.54) is 0 Å². The number of likely N-dealkylation sites (tertiary alicyclic amines) is 1. The van der Waals surface area contributed by atoms with Gasteiger partial charge in [-0.1, -0.05) is 0 Å². The third-order valence-corrected chi connectivity index (χ3v) is 4.78. The fourth-order valence-corrected chi connectivity index (χ4v) is 3.66. The second-order valence-electron chi connectivity index (χ2n) is 5.09. The lowest BCUT2D eigenvalue weighted by molar-refractivity contribution is -0.141. The molecule has 0 spiro atoms. The van der Waals surface area contributed by atoms with Gasteiger partial charge in [0, 0.05) is 31.0 Å². The molecule has 0 aliphatic carbocycles. The topological polar surface area (TPSA) is 53.8 Å². The molecule has 0 bridgehead atoms. The van der Waals surface area contributed by atoms with Gasteiger partial charge in [0.2, 0.25) is 11.8 Å². The minimum Gasteiger partial charge on any atom is -0.467 e. The van der Waals surface area contributed by atoms with Gasteiger partial charge in [-0.15, -0.1) is 0 Å². The van der Waals surface area contributed by atoms with Gasteiger partial charge in [0.25, 0.3) is 0 Å². The van der Waals surface area contributed by atoms with Gasteiger partial charge in [-0.2, -0.15) is 11.8 Å². The van der Waals surface area contributed by atoms with E-state index in [1.54, 1.807) is 17.2 Å². The maximum Gasteiger partial charge on any atom is 0.245 e. The fraction of sp³-hybridized carbons (Fsp3) is 0.571. The summed E-state index contributed by atoms with van der Waals surface area (Å²) in [5.74, 6) is 2.86. The van der Waals surface area contributed by atoms with Crippen molar-refractivity contribution < 1.29 is 14.0 Å². The van der Waals surface area contributed by atoms with Crippen molar-refractivity contribution in [1.29, 1.82) is 0 Å². The smallest absolute Gasteiger partial charge is 0.245 e. The van der Waals surface area contributed by atoms with E-state index >= 15 is 0 Å². The maximum absolute atomic E-state index is 12.6. The lowest BCUT2D eigenvalue weighted by Gasteiger charge is -2.32. The molecule has 3 rings (SSSR count). The Morgan fingerprint density at radius 3 is 2.90 bits per heavy atom. The lowest BCUT2D eigenvalue weighted by atomic mass is 10.2. The van der Waals surface area contributed by atoms with Crippen LogP contribution >= 0.6 is 11.8 Å². The molecule has 20 heavy (non-hydrogen) atoms. The van der Waals surface area contributed by atoms with Gasteiger partial charge >= 0.3 is 0 Å². The van der Waals surface area contributed by atoms with Crippen LogP contribution in [0.4, 0.5) is 0 Å². The summed E-state index contributed by atoms with van der Waals surface area (Å²) in [5.41, 5.74) is 0. The predicted octanol–water partition coefficient (Wildman–Crippen LogP) is 1.35. The quantitative estimate of drug-likeness (QED) is 0.844. The highest BCUT2D eigenvalue weighted by Gasteiger charge is 2.38. The molecule has 2 saturated heterocycles. The zero-order valence-corrected chi connectivity index (χ0v) is 12.1. The number of nitrogens with zero attached hydrogens (tertiary/aromatic N) is 2. The minimum atomic E-state index is -0.310. The zero-order valence-electron chi connectivity index (χ0n) is 11.3. The largest absolute Gasteiger partial charge is 0.467 e. The fourth-order valence-electron chi connectivity index (χ4n) is 2.75. The van der Waals surface area contributed by atoms with Crippen LogP contribution in [0.15, 0.2) is 22.8 Å². The molecule has 0 aromatic carbocycles. The molecule has 1 aromatic rings. The molecule has 5 nitrogen and oxygen atoms in total. The number of amides is 2. The van der Waals surface area contributed by atoms with Crippen LogP contribution in [-0.2, 0) is 16.1 Å². The van der Waals surface area contributed by atoms with Crippen molar-refractivity contribution in [3.8, 4) is 0 Å². The summed E-state index contributed by atoms with van der Waals surface area (Å²) in [7, 11) is 0. The molecule has 108 valence electrons. The highest BCUT2D eigenvalue weighted by atomic mass is 32.2. The summed E-state index contributed by atoms with van der Waals surface area (Å²) < 4.78 is 5.30. The van der Waals surface area contributed by atoms with Crippen molar-refractivity contribution in [3.63, 3.8) is 0 Å². The normalized spacial score (nSPS) is 23.4. The molecule has 2 fully saturated rings. The van der Waals surface area contributed by atoms with E-state index in [0.717, 1.165) is 30.4 Å². The van der Waals surface area contributed by atoms with Gasteiger partial charge in [0.15, 0.2) is 0 Å². The SMILES string of the molecule is O=C([C@@H]1CCC(=O)N1Cc1ccco1)N1CCSCC1. The average molecular weight is 294 g/mol. The Labute approximate surface area is 122 Å². The number of rotatable bonds is 3. The Kier molecular flexibility index (Phi) is 4.00. The van der Waals surface area contributed by atoms with Crippen LogP contribution in [0, 0.1) is 0 Å². The highest BCUT2D eigenvalue weighted by molar-refractivity contribution is 7.99. The van der Waals surface area contributed by atoms with Crippen LogP contribution in [0.3, 0.4) is 0 Å². The Bertz CT molecular complexity index is 483. The number of carbonyl (C=O) groups is 2. The molecule has 1 aromatic heterocycles. The molecular weight excluding hydrogens is 276 g/mol. The van der Waals surface area contributed by atoms with E-state index < -0.39 is 0 Å². The standard InChI is InChI=1S/C14H18N2O3S/c17-13-4-3-12(14(18)15-5-8-20-9-6-15)16(13)10-11-2-1-7-19-11/h1-2,7,12H,3-6,8-10H2/t12-/m0/s1. The van der Waals surface area contributed by atoms with Gasteiger partial charge < -0.3 is 14.2 Å². The molecule has 6 heteroatoms. The van der Waals surface area contributed by atoms with Crippen LogP contribution in [0.5, 0.6) is 0 Å². The van der Waals surface area contributed by atoms with Gasteiger partial charge in [-0.05, 0) is 18.6 Å². The Morgan fingerprint density at radius 2 is 2.20 bits per heavy atom. The Hall–Kier alpha value is -1.43. The number of hydrogen-bond donors (Lipinski definition) is 0. The zero-order chi connectivity index (χ0) is 13.9. The maximum atomic E-state index is 12.6. The van der Waals surface area contributed by atoms with E-state index in [4.69, 9.17) is 4.42 Å². The van der Waals surface area contributed by atoms with E-state index in [0.29, 0.717) is 19.4 Å². The van der Waals surface area contributed by atoms with Crippen LogP contribution in [0.2, 0.25) is 0 Å². The Morgan fingerprint density at radius 1 is 1.40 bits per heavy atom. The van der Waals surface area contributed by atoms with E-state index in [-0.39, 0.29) is 17.9 Å². The van der Waals surface area contributed by atoms with Crippen molar-refractivity contribution in [2.24, 2.45) is 0 Å². The summed E-state index contributed by atoms with van der Waals surface area (Å²) in [6.45, 7) is 1.98. The number of furan rings is 1. The molecule has 1 atom stereocenters. The van der Waals surface area contributed by atoms with Crippen LogP contribution in [0.1, 0.15) is 18.6 Å². The minimum absolute atomic E-state index is 0.0473. The molecule has 0 N–H and O–H groups in total. The molecule has 3 heterocycles. The summed E-state index contributed by atoms with van der Waals surface area (Å²) in [6.07, 6.45) is 2.68. The van der Waals surface area contributed by atoms with Crippen LogP contribution in [0.25, 0.3) is 0 Å². The molecule has 2 aliphatic rings. The number of carbonyl (C=O) groups excluding carboxylic acids is 2. The van der Waals surface area contributed by atoms with Gasteiger partial charge in [-0.25, -0.2) is 0 Å². The van der Waals surface area contributed by atoms with Crippen molar-refractivity contribution >= 4 is 23.6 Å². The molecule has 2 amide bonds. The first-order valence-electron chi connectivity index (χ1n) is 6.94. The van der Waals surface area contributed by atoms with Crippen molar-refractivity contribution in [1.82, 2.24) is 9.80 Å². The summed E-state index contributed by atoms with van der Waals surface area (Å²) >= 11 is 1.87. The molecule has 0 radical (unpaired) electrons. The van der Waals surface area contributed by atoms with E-state index in [2.05, 4.69) is 0 Å². The van der Waals surface area contributed by atoms with Crippen molar-refractivity contribution in [3.05, 3.63) is 24.2 Å². The summed E-state index contributed by atoms with van der Waals surface area (Å²) in [4.78, 5) is 28.2. The predicted molar refractivity (Wildman–Crippen MR) is 76.2 cm³/mol. The molecule has 0 unspecified atom stereocenters. The van der Waals surface area contributed by atoms with Crippen molar-refractivity contribution in [2.75, 3.05) is 24.6 Å². The van der Waals surface area contributed by atoms with Gasteiger partial charge in [-0.3, -0.25) is 9.59 Å². The molecular formula is C14H18N2O3S. The third kappa shape index (κ3) is 2.70. The Balaban J connectivity index is 1.70. The average Bonchev–Trinajstić information content (AvgIpc) is 3.11. The first-order chi connectivity index (χ1) is 9.75. The number of thioether (sulfide) groups is 1. The second kappa shape index (κ2) is 5.91. The van der Waals surface area contributed by atoms with E-state index in [9.17, 15) is 9.59 Å². The van der Waals surface area contributed by atoms with Gasteiger partial charge in [0.05, 0.1) is 12.8 Å². The van der Waals surface area contributed by atoms with Crippen molar-refractivity contribution in [2.45, 2.75) is 25.4 Å². The monoisotopic (exact) mass is 294 g/mol. The van der Waals surface area contributed by atoms with Crippen LogP contribution < -0.4 is 0 Å². The lowest BCUT2D eigenvalue weighted by Crippen LogP contribution is -2.49. The third-order valence-electron chi connectivity index (χ3n) is 3.84. The molecule has 0 saturated carbocycles. The highest BCUT2D eigenvalue weighted by Crippen LogP contribution is 2.24. The number of hydrogen-bond acceptors (Lipinski definition) is 4. The summed E-state index contributed by atoms with van der Waals surface area (Å²) in [5, 5.41) is 0. The molecule has 2 aliphatic heterocycles. The van der Waals surface area contributed by atoms with E-state index in [1.807, 2.05) is 22.7 Å². The first-order valence-corrected chi connectivity index (χ1v) is 8.09. The van der Waals surface area contributed by atoms with Gasteiger partial charge in [0.1, 0.15) is 11.8 Å². The first kappa shape index (κ1) is 13.5. The second-order valence-corrected chi connectivity index (χ2v) is 6.32. The van der Waals surface area contributed by atoms with Crippen LogP contribution in [-0.4, -0.2) is 52.3 Å². The summed E-state index contributed by atoms with van der Waals surface area (Å²) in [6, 6.07) is 3.33.